The number of carboxylic acid groups (broad SMARTS) is 2. The van der Waals surface area contributed by atoms with Gasteiger partial charge in [0.25, 0.3) is 0 Å². The summed E-state index contributed by atoms with van der Waals surface area (Å²) in [6.45, 7) is 0. The van der Waals surface area contributed by atoms with Crippen LogP contribution in [0.3, 0.4) is 0 Å². The Morgan fingerprint density at radius 2 is 1.60 bits per heavy atom. The van der Waals surface area contributed by atoms with E-state index in [0.29, 0.717) is 41.8 Å². The SMILES string of the molecule is NC(N)=Nc1ccc(C(=O)Oc2ccc3c(c2)CCC(C(=O)N[C@@H](Cc2ccc(C(=O)O)cc2)C(=O)O)C3)cc1. The van der Waals surface area contributed by atoms with Crippen LogP contribution in [-0.2, 0) is 28.9 Å². The maximum atomic E-state index is 13.0. The first-order chi connectivity index (χ1) is 19.1. The van der Waals surface area contributed by atoms with E-state index in [4.69, 9.17) is 21.3 Å². The van der Waals surface area contributed by atoms with E-state index >= 15 is 0 Å². The fourth-order valence-electron chi connectivity index (χ4n) is 4.51. The van der Waals surface area contributed by atoms with Gasteiger partial charge in [-0.3, -0.25) is 4.79 Å². The van der Waals surface area contributed by atoms with Crippen LogP contribution in [0.5, 0.6) is 5.75 Å². The lowest BCUT2D eigenvalue weighted by Gasteiger charge is -2.26. The summed E-state index contributed by atoms with van der Waals surface area (Å²) in [6.07, 6.45) is 1.50. The van der Waals surface area contributed by atoms with Gasteiger partial charge >= 0.3 is 17.9 Å². The Balaban J connectivity index is 1.36. The molecule has 7 N–H and O–H groups in total. The second kappa shape index (κ2) is 12.1. The number of carbonyl (C=O) groups excluding carboxylic acids is 2. The van der Waals surface area contributed by atoms with E-state index in [9.17, 15) is 24.3 Å². The van der Waals surface area contributed by atoms with E-state index in [1.54, 1.807) is 42.5 Å². The summed E-state index contributed by atoms with van der Waals surface area (Å²) in [4.78, 5) is 52.3. The smallest absolute Gasteiger partial charge is 0.343 e. The minimum Gasteiger partial charge on any atom is -0.480 e. The molecule has 2 atom stereocenters. The van der Waals surface area contributed by atoms with Gasteiger partial charge in [-0.2, -0.15) is 0 Å². The predicted molar refractivity (Wildman–Crippen MR) is 145 cm³/mol. The van der Waals surface area contributed by atoms with Crippen molar-refractivity contribution in [3.63, 3.8) is 0 Å². The molecule has 0 aromatic heterocycles. The average molecular weight is 545 g/mol. The maximum Gasteiger partial charge on any atom is 0.343 e. The van der Waals surface area contributed by atoms with E-state index in [2.05, 4.69) is 10.3 Å². The molecule has 11 nitrogen and oxygen atoms in total. The molecule has 0 heterocycles. The summed E-state index contributed by atoms with van der Waals surface area (Å²) in [6, 6.07) is 16.3. The number of fused-ring (bicyclic) bond motifs is 1. The first kappa shape index (κ1) is 27.8. The molecule has 0 saturated heterocycles. The number of carboxylic acids is 2. The Hall–Kier alpha value is -5.19. The number of hydrogen-bond donors (Lipinski definition) is 5. The number of amides is 1. The van der Waals surface area contributed by atoms with Gasteiger partial charge in [0, 0.05) is 12.3 Å². The molecule has 0 aliphatic heterocycles. The first-order valence-corrected chi connectivity index (χ1v) is 12.5. The number of benzene rings is 3. The number of nitrogens with one attached hydrogen (secondary N) is 1. The van der Waals surface area contributed by atoms with Gasteiger partial charge in [-0.25, -0.2) is 19.4 Å². The molecule has 1 amide bonds. The van der Waals surface area contributed by atoms with Crippen molar-refractivity contribution in [1.82, 2.24) is 5.32 Å². The summed E-state index contributed by atoms with van der Waals surface area (Å²) < 4.78 is 5.52. The van der Waals surface area contributed by atoms with Gasteiger partial charge in [-0.1, -0.05) is 18.2 Å². The largest absolute Gasteiger partial charge is 0.480 e. The lowest BCUT2D eigenvalue weighted by atomic mass is 9.83. The van der Waals surface area contributed by atoms with Crippen LogP contribution in [0.4, 0.5) is 5.69 Å². The maximum absolute atomic E-state index is 13.0. The molecule has 0 saturated carbocycles. The number of nitrogens with two attached hydrogens (primary N) is 2. The van der Waals surface area contributed by atoms with Crippen LogP contribution < -0.4 is 21.5 Å². The summed E-state index contributed by atoms with van der Waals surface area (Å²) >= 11 is 0. The van der Waals surface area contributed by atoms with Crippen molar-refractivity contribution < 1.29 is 34.1 Å². The van der Waals surface area contributed by atoms with Crippen LogP contribution in [0.1, 0.15) is 43.8 Å². The Kier molecular flexibility index (Phi) is 8.43. The number of hydrogen-bond acceptors (Lipinski definition) is 6. The summed E-state index contributed by atoms with van der Waals surface area (Å²) in [5.41, 5.74) is 14.1. The van der Waals surface area contributed by atoms with Gasteiger partial charge in [0.1, 0.15) is 11.8 Å². The molecular formula is C29H28N4O7. The molecule has 1 aliphatic carbocycles. The normalized spacial score (nSPS) is 14.8. The standard InChI is InChI=1S/C29H28N4O7/c30-29(31)32-22-10-7-18(8-11-22)28(39)40-23-12-9-19-14-21(6-5-20(19)15-23)25(34)33-24(27(37)38)13-16-1-3-17(4-2-16)26(35)36/h1-4,7-12,15,21,24H,5-6,13-14H2,(H,33,34)(H,35,36)(H,37,38)(H4,30,31,32)/t21?,24-/m0/s1. The fraction of sp³-hybridized carbons (Fsp3) is 0.207. The highest BCUT2D eigenvalue weighted by molar-refractivity contribution is 5.92. The molecule has 3 aromatic carbocycles. The van der Waals surface area contributed by atoms with Gasteiger partial charge in [0.05, 0.1) is 16.8 Å². The second-order valence-electron chi connectivity index (χ2n) is 9.45. The molecule has 0 radical (unpaired) electrons. The summed E-state index contributed by atoms with van der Waals surface area (Å²) in [5.74, 6) is -3.28. The third-order valence-electron chi connectivity index (χ3n) is 6.60. The van der Waals surface area contributed by atoms with Crippen molar-refractivity contribution in [1.29, 1.82) is 0 Å². The highest BCUT2D eigenvalue weighted by Crippen LogP contribution is 2.29. The van der Waals surface area contributed by atoms with Gasteiger partial charge < -0.3 is 31.7 Å². The first-order valence-electron chi connectivity index (χ1n) is 12.5. The molecular weight excluding hydrogens is 516 g/mol. The van der Waals surface area contributed by atoms with Gasteiger partial charge in [0.2, 0.25) is 5.91 Å². The van der Waals surface area contributed by atoms with E-state index < -0.39 is 29.9 Å². The monoisotopic (exact) mass is 544 g/mol. The van der Waals surface area contributed by atoms with E-state index in [0.717, 1.165) is 11.1 Å². The Bertz CT molecular complexity index is 1460. The molecule has 206 valence electrons. The number of esters is 1. The van der Waals surface area contributed by atoms with E-state index in [1.165, 1.54) is 24.3 Å². The minimum absolute atomic E-state index is 0.0238. The van der Waals surface area contributed by atoms with Crippen LogP contribution in [0.2, 0.25) is 0 Å². The predicted octanol–water partition coefficient (Wildman–Crippen LogP) is 2.43. The van der Waals surface area contributed by atoms with Crippen molar-refractivity contribution in [3.8, 4) is 5.75 Å². The molecule has 3 aromatic rings. The molecule has 0 spiro atoms. The van der Waals surface area contributed by atoms with Crippen molar-refractivity contribution in [2.75, 3.05) is 0 Å². The van der Waals surface area contributed by atoms with Crippen LogP contribution in [0.25, 0.3) is 0 Å². The zero-order chi connectivity index (χ0) is 28.8. The van der Waals surface area contributed by atoms with E-state index in [1.807, 2.05) is 0 Å². The molecule has 0 bridgehead atoms. The Labute approximate surface area is 229 Å². The van der Waals surface area contributed by atoms with Crippen LogP contribution in [0, 0.1) is 5.92 Å². The average Bonchev–Trinajstić information content (AvgIpc) is 2.92. The number of guanidine groups is 1. The van der Waals surface area contributed by atoms with Crippen LogP contribution >= 0.6 is 0 Å². The highest BCUT2D eigenvalue weighted by atomic mass is 16.5. The van der Waals surface area contributed by atoms with Crippen molar-refractivity contribution in [2.45, 2.75) is 31.7 Å². The van der Waals surface area contributed by atoms with Crippen LogP contribution in [-0.4, -0.2) is 46.0 Å². The zero-order valence-corrected chi connectivity index (χ0v) is 21.4. The van der Waals surface area contributed by atoms with Crippen LogP contribution in [0.15, 0.2) is 71.7 Å². The number of nitrogens with zero attached hydrogens (tertiary/aromatic N) is 1. The van der Waals surface area contributed by atoms with Gasteiger partial charge in [0.15, 0.2) is 5.96 Å². The summed E-state index contributed by atoms with van der Waals surface area (Å²) in [5, 5.41) is 21.3. The zero-order valence-electron chi connectivity index (χ0n) is 21.4. The molecule has 0 fully saturated rings. The van der Waals surface area contributed by atoms with Crippen molar-refractivity contribution in [3.05, 3.63) is 94.5 Å². The lowest BCUT2D eigenvalue weighted by molar-refractivity contribution is -0.142. The quantitative estimate of drug-likeness (QED) is 0.116. The molecule has 40 heavy (non-hydrogen) atoms. The molecule has 1 unspecified atom stereocenters. The van der Waals surface area contributed by atoms with E-state index in [-0.39, 0.29) is 23.9 Å². The van der Waals surface area contributed by atoms with Gasteiger partial charge in [-0.15, -0.1) is 0 Å². The number of aryl methyl sites for hydroxylation is 1. The van der Waals surface area contributed by atoms with Crippen molar-refractivity contribution in [2.24, 2.45) is 22.4 Å². The number of aromatic carboxylic acids is 1. The number of ether oxygens (including phenoxy) is 1. The second-order valence-corrected chi connectivity index (χ2v) is 9.45. The minimum atomic E-state index is -1.18. The summed E-state index contributed by atoms with van der Waals surface area (Å²) in [7, 11) is 0. The highest BCUT2D eigenvalue weighted by Gasteiger charge is 2.29. The third kappa shape index (κ3) is 7.01. The molecule has 4 rings (SSSR count). The Morgan fingerprint density at radius 1 is 0.925 bits per heavy atom. The van der Waals surface area contributed by atoms with Gasteiger partial charge in [-0.05, 0) is 84.5 Å². The number of carbonyl (C=O) groups is 4. The lowest BCUT2D eigenvalue weighted by Crippen LogP contribution is -2.46. The molecule has 11 heteroatoms. The number of rotatable bonds is 9. The fourth-order valence-corrected chi connectivity index (χ4v) is 4.51. The number of aliphatic carboxylic acids is 1. The Morgan fingerprint density at radius 3 is 2.23 bits per heavy atom. The van der Waals surface area contributed by atoms with Crippen molar-refractivity contribution >= 4 is 35.5 Å². The molecule has 1 aliphatic rings. The topological polar surface area (TPSA) is 194 Å². The third-order valence-corrected chi connectivity index (χ3v) is 6.60. The number of aliphatic imine (C=N–C) groups is 1.